The minimum atomic E-state index is -0.00260. The number of hydrogen-bond donors (Lipinski definition) is 2. The van der Waals surface area contributed by atoms with Gasteiger partial charge in [0, 0.05) is 35.9 Å². The number of benzene rings is 1. The van der Waals surface area contributed by atoms with E-state index in [9.17, 15) is 4.79 Å². The first-order chi connectivity index (χ1) is 9.70. The van der Waals surface area contributed by atoms with E-state index < -0.39 is 0 Å². The molecule has 5 heteroatoms. The van der Waals surface area contributed by atoms with Crippen molar-refractivity contribution in [2.45, 2.75) is 31.3 Å². The molecule has 1 aliphatic heterocycles. The third kappa shape index (κ3) is 3.72. The van der Waals surface area contributed by atoms with Crippen LogP contribution in [-0.2, 0) is 4.79 Å². The van der Waals surface area contributed by atoms with Gasteiger partial charge in [0.2, 0.25) is 5.91 Å². The summed E-state index contributed by atoms with van der Waals surface area (Å²) in [5.74, 6) is -0.00260. The van der Waals surface area contributed by atoms with Crippen molar-refractivity contribution in [3.8, 4) is 0 Å². The molecule has 2 aliphatic rings. The topological polar surface area (TPSA) is 44.4 Å². The Kier molecular flexibility index (Phi) is 4.24. The standard InChI is InChI=1S/C15H20ClN3O/c16-11-1-3-12(4-2-11)18-15(20)9-17-13-7-8-19(10-13)14-5-6-14/h1-4,13-14,17H,5-10H2,(H,18,20). The fourth-order valence-electron chi connectivity index (χ4n) is 2.70. The molecule has 2 N–H and O–H groups in total. The molecule has 3 rings (SSSR count). The fraction of sp³-hybridized carbons (Fsp3) is 0.533. The van der Waals surface area contributed by atoms with Gasteiger partial charge in [0.1, 0.15) is 0 Å². The monoisotopic (exact) mass is 293 g/mol. The van der Waals surface area contributed by atoms with Gasteiger partial charge < -0.3 is 10.6 Å². The maximum Gasteiger partial charge on any atom is 0.238 e. The van der Waals surface area contributed by atoms with Crippen molar-refractivity contribution in [1.82, 2.24) is 10.2 Å². The third-order valence-electron chi connectivity index (χ3n) is 3.96. The Morgan fingerprint density at radius 1 is 1.25 bits per heavy atom. The number of halogens is 1. The zero-order valence-corrected chi connectivity index (χ0v) is 12.2. The third-order valence-corrected chi connectivity index (χ3v) is 4.21. The predicted octanol–water partition coefficient (Wildman–Crippen LogP) is 2.10. The van der Waals surface area contributed by atoms with E-state index in [1.807, 2.05) is 12.1 Å². The van der Waals surface area contributed by atoms with Crippen molar-refractivity contribution in [2.75, 3.05) is 25.0 Å². The van der Waals surface area contributed by atoms with Crippen molar-refractivity contribution >= 4 is 23.2 Å². The second-order valence-corrected chi connectivity index (χ2v) is 6.08. The highest BCUT2D eigenvalue weighted by Crippen LogP contribution is 2.29. The maximum atomic E-state index is 11.9. The van der Waals surface area contributed by atoms with Crippen molar-refractivity contribution in [3.63, 3.8) is 0 Å². The van der Waals surface area contributed by atoms with Gasteiger partial charge in [0.25, 0.3) is 0 Å². The first-order valence-corrected chi connectivity index (χ1v) is 7.61. The zero-order chi connectivity index (χ0) is 13.9. The average molecular weight is 294 g/mol. The molecule has 0 aromatic heterocycles. The smallest absolute Gasteiger partial charge is 0.238 e. The molecule has 2 fully saturated rings. The lowest BCUT2D eigenvalue weighted by molar-refractivity contribution is -0.115. The number of likely N-dealkylation sites (tertiary alicyclic amines) is 1. The maximum absolute atomic E-state index is 11.9. The molecule has 1 aliphatic carbocycles. The van der Waals surface area contributed by atoms with Crippen molar-refractivity contribution in [1.29, 1.82) is 0 Å². The largest absolute Gasteiger partial charge is 0.325 e. The van der Waals surface area contributed by atoms with Gasteiger partial charge in [-0.1, -0.05) is 11.6 Å². The first kappa shape index (κ1) is 13.9. The summed E-state index contributed by atoms with van der Waals surface area (Å²) >= 11 is 5.81. The highest BCUT2D eigenvalue weighted by molar-refractivity contribution is 6.30. The second-order valence-electron chi connectivity index (χ2n) is 5.65. The van der Waals surface area contributed by atoms with E-state index >= 15 is 0 Å². The van der Waals surface area contributed by atoms with Crippen LogP contribution >= 0.6 is 11.6 Å². The Morgan fingerprint density at radius 2 is 2.00 bits per heavy atom. The Labute approximate surface area is 124 Å². The molecule has 1 heterocycles. The van der Waals surface area contributed by atoms with Crippen LogP contribution in [0, 0.1) is 0 Å². The average Bonchev–Trinajstić information content (AvgIpc) is 3.18. The second kappa shape index (κ2) is 6.12. The number of nitrogens with one attached hydrogen (secondary N) is 2. The molecular weight excluding hydrogens is 274 g/mol. The highest BCUT2D eigenvalue weighted by Gasteiger charge is 2.34. The van der Waals surface area contributed by atoms with Crippen LogP contribution in [-0.4, -0.2) is 42.5 Å². The van der Waals surface area contributed by atoms with Gasteiger partial charge in [-0.05, 0) is 43.5 Å². The molecule has 108 valence electrons. The SMILES string of the molecule is O=C(CNC1CCN(C2CC2)C1)Nc1ccc(Cl)cc1. The number of amides is 1. The quantitative estimate of drug-likeness (QED) is 0.874. The summed E-state index contributed by atoms with van der Waals surface area (Å²) in [5.41, 5.74) is 0.784. The summed E-state index contributed by atoms with van der Waals surface area (Å²) in [6, 6.07) is 8.44. The lowest BCUT2D eigenvalue weighted by Crippen LogP contribution is -2.38. The predicted molar refractivity (Wildman–Crippen MR) is 81.1 cm³/mol. The summed E-state index contributed by atoms with van der Waals surface area (Å²) in [5, 5.41) is 6.88. The molecular formula is C15H20ClN3O. The molecule has 1 atom stereocenters. The van der Waals surface area contributed by atoms with Crippen LogP contribution in [0.15, 0.2) is 24.3 Å². The van der Waals surface area contributed by atoms with E-state index in [1.165, 1.54) is 19.4 Å². The van der Waals surface area contributed by atoms with Crippen LogP contribution < -0.4 is 10.6 Å². The van der Waals surface area contributed by atoms with E-state index in [0.29, 0.717) is 17.6 Å². The number of carbonyl (C=O) groups excluding carboxylic acids is 1. The Balaban J connectivity index is 1.39. The Bertz CT molecular complexity index is 473. The molecule has 4 nitrogen and oxygen atoms in total. The highest BCUT2D eigenvalue weighted by atomic mass is 35.5. The van der Waals surface area contributed by atoms with Crippen LogP contribution in [0.2, 0.25) is 5.02 Å². The lowest BCUT2D eigenvalue weighted by atomic mass is 10.2. The normalized spacial score (nSPS) is 22.9. The van der Waals surface area contributed by atoms with E-state index in [1.54, 1.807) is 12.1 Å². The van der Waals surface area contributed by atoms with Gasteiger partial charge in [0.05, 0.1) is 6.54 Å². The molecule has 0 radical (unpaired) electrons. The molecule has 1 saturated carbocycles. The molecule has 1 saturated heterocycles. The van der Waals surface area contributed by atoms with Crippen molar-refractivity contribution in [2.24, 2.45) is 0 Å². The van der Waals surface area contributed by atoms with Gasteiger partial charge in [-0.3, -0.25) is 9.69 Å². The lowest BCUT2D eigenvalue weighted by Gasteiger charge is -2.15. The van der Waals surface area contributed by atoms with Gasteiger partial charge in [-0.15, -0.1) is 0 Å². The van der Waals surface area contributed by atoms with Gasteiger partial charge in [-0.2, -0.15) is 0 Å². The minimum Gasteiger partial charge on any atom is -0.325 e. The molecule has 0 bridgehead atoms. The number of nitrogens with zero attached hydrogens (tertiary/aromatic N) is 1. The molecule has 1 aromatic carbocycles. The van der Waals surface area contributed by atoms with Crippen LogP contribution in [0.5, 0.6) is 0 Å². The molecule has 20 heavy (non-hydrogen) atoms. The van der Waals surface area contributed by atoms with Gasteiger partial charge in [0.15, 0.2) is 0 Å². The molecule has 1 unspecified atom stereocenters. The van der Waals surface area contributed by atoms with Crippen LogP contribution in [0.25, 0.3) is 0 Å². The van der Waals surface area contributed by atoms with Crippen LogP contribution in [0.3, 0.4) is 0 Å². The van der Waals surface area contributed by atoms with Crippen molar-refractivity contribution < 1.29 is 4.79 Å². The van der Waals surface area contributed by atoms with E-state index in [0.717, 1.165) is 24.7 Å². The summed E-state index contributed by atoms with van der Waals surface area (Å²) in [6.07, 6.45) is 3.85. The summed E-state index contributed by atoms with van der Waals surface area (Å²) in [7, 11) is 0. The number of carbonyl (C=O) groups is 1. The van der Waals surface area contributed by atoms with Gasteiger partial charge in [-0.25, -0.2) is 0 Å². The summed E-state index contributed by atoms with van der Waals surface area (Å²) in [4.78, 5) is 14.4. The van der Waals surface area contributed by atoms with Gasteiger partial charge >= 0.3 is 0 Å². The molecule has 0 spiro atoms. The number of anilines is 1. The first-order valence-electron chi connectivity index (χ1n) is 7.23. The molecule has 1 amide bonds. The van der Waals surface area contributed by atoms with Crippen LogP contribution in [0.4, 0.5) is 5.69 Å². The minimum absolute atomic E-state index is 0.00260. The Morgan fingerprint density at radius 3 is 2.70 bits per heavy atom. The Hall–Kier alpha value is -1.10. The van der Waals surface area contributed by atoms with Crippen molar-refractivity contribution in [3.05, 3.63) is 29.3 Å². The van der Waals surface area contributed by atoms with E-state index in [-0.39, 0.29) is 5.91 Å². The number of hydrogen-bond acceptors (Lipinski definition) is 3. The van der Waals surface area contributed by atoms with Crippen LogP contribution in [0.1, 0.15) is 19.3 Å². The zero-order valence-electron chi connectivity index (χ0n) is 11.4. The number of rotatable bonds is 5. The van der Waals surface area contributed by atoms with E-state index in [2.05, 4.69) is 15.5 Å². The fourth-order valence-corrected chi connectivity index (χ4v) is 2.83. The summed E-state index contributed by atoms with van der Waals surface area (Å²) in [6.45, 7) is 2.62. The van der Waals surface area contributed by atoms with E-state index in [4.69, 9.17) is 11.6 Å². The summed E-state index contributed by atoms with van der Waals surface area (Å²) < 4.78 is 0. The molecule has 1 aromatic rings.